The Bertz CT molecular complexity index is 1690. The molecule has 2 aromatic heterocycles. The van der Waals surface area contributed by atoms with Crippen molar-refractivity contribution in [3.8, 4) is 5.75 Å². The van der Waals surface area contributed by atoms with Crippen molar-refractivity contribution in [2.75, 3.05) is 0 Å². The van der Waals surface area contributed by atoms with Crippen LogP contribution in [0.3, 0.4) is 0 Å². The minimum Gasteiger partial charge on any atom is -0.469 e. The molecule has 1 aliphatic rings. The third-order valence-corrected chi connectivity index (χ3v) is 6.95. The van der Waals surface area contributed by atoms with E-state index in [9.17, 15) is 4.79 Å². The molecule has 3 heterocycles. The molecule has 7 rings (SSSR count). The van der Waals surface area contributed by atoms with Crippen LogP contribution in [-0.4, -0.2) is 4.57 Å². The van der Waals surface area contributed by atoms with Crippen LogP contribution in [-0.2, 0) is 0 Å². The first kappa shape index (κ1) is 19.2. The number of hydrogen-bond acceptors (Lipinski definition) is 3. The fraction of sp³-hybridized carbons (Fsp3) is 0.100. The van der Waals surface area contributed by atoms with Crippen molar-refractivity contribution in [1.29, 1.82) is 0 Å². The zero-order chi connectivity index (χ0) is 22.6. The third-order valence-electron chi connectivity index (χ3n) is 6.95. The molecule has 0 fully saturated rings. The molecule has 0 N–H and O–H groups in total. The molecule has 0 saturated heterocycles. The molecule has 0 bridgehead atoms. The molecule has 0 saturated carbocycles. The number of para-hydroxylation sites is 3. The summed E-state index contributed by atoms with van der Waals surface area (Å²) in [6, 6.07) is 34.7. The Morgan fingerprint density at radius 3 is 1.97 bits per heavy atom. The highest BCUT2D eigenvalue weighted by molar-refractivity contribution is 6.08. The summed E-state index contributed by atoms with van der Waals surface area (Å²) in [5, 5.41) is 3.21. The van der Waals surface area contributed by atoms with Crippen molar-refractivity contribution in [1.82, 2.24) is 4.57 Å². The summed E-state index contributed by atoms with van der Waals surface area (Å²) < 4.78 is 14.8. The van der Waals surface area contributed by atoms with Crippen LogP contribution >= 0.6 is 0 Å². The summed E-state index contributed by atoms with van der Waals surface area (Å²) in [5.74, 6) is 0.481. The Morgan fingerprint density at radius 1 is 0.676 bits per heavy atom. The highest BCUT2D eigenvalue weighted by Crippen LogP contribution is 2.47. The molecule has 2 atom stereocenters. The second kappa shape index (κ2) is 7.35. The fourth-order valence-corrected chi connectivity index (χ4v) is 5.48. The Balaban J connectivity index is 1.53. The van der Waals surface area contributed by atoms with Gasteiger partial charge in [0, 0.05) is 23.1 Å². The van der Waals surface area contributed by atoms with E-state index in [0.29, 0.717) is 23.3 Å². The quantitative estimate of drug-likeness (QED) is 0.270. The van der Waals surface area contributed by atoms with Crippen LogP contribution in [0.15, 0.2) is 112 Å². The first-order valence-electron chi connectivity index (χ1n) is 11.5. The number of ether oxygens (including phenoxy) is 1. The van der Waals surface area contributed by atoms with E-state index < -0.39 is 0 Å². The topological polar surface area (TPSA) is 44.4 Å². The van der Waals surface area contributed by atoms with E-state index >= 15 is 0 Å². The fourth-order valence-electron chi connectivity index (χ4n) is 5.48. The van der Waals surface area contributed by atoms with Crippen LogP contribution in [0.4, 0.5) is 0 Å². The van der Waals surface area contributed by atoms with Gasteiger partial charge in [-0.1, -0.05) is 78.9 Å². The number of aromatic nitrogens is 1. The number of nitrogens with zero attached hydrogens (tertiary/aromatic N) is 1. The van der Waals surface area contributed by atoms with Gasteiger partial charge in [-0.25, -0.2) is 4.79 Å². The summed E-state index contributed by atoms with van der Waals surface area (Å²) in [6.45, 7) is 0. The lowest BCUT2D eigenvalue weighted by atomic mass is 9.86. The highest BCUT2D eigenvalue weighted by Gasteiger charge is 2.36. The van der Waals surface area contributed by atoms with Crippen LogP contribution in [0.2, 0.25) is 0 Å². The van der Waals surface area contributed by atoms with Crippen LogP contribution in [0.1, 0.15) is 29.7 Å². The highest BCUT2D eigenvalue weighted by atomic mass is 16.5. The van der Waals surface area contributed by atoms with Gasteiger partial charge < -0.3 is 13.7 Å². The van der Waals surface area contributed by atoms with Gasteiger partial charge in [-0.15, -0.1) is 0 Å². The van der Waals surface area contributed by atoms with Crippen LogP contribution in [0.5, 0.6) is 5.75 Å². The molecule has 4 nitrogen and oxygen atoms in total. The molecule has 0 unspecified atom stereocenters. The monoisotopic (exact) mass is 443 g/mol. The molecule has 0 amide bonds. The van der Waals surface area contributed by atoms with Crippen molar-refractivity contribution >= 4 is 32.8 Å². The van der Waals surface area contributed by atoms with E-state index in [1.807, 2.05) is 42.5 Å². The van der Waals surface area contributed by atoms with E-state index in [0.717, 1.165) is 22.0 Å². The van der Waals surface area contributed by atoms with Crippen LogP contribution in [0.25, 0.3) is 32.8 Å². The average Bonchev–Trinajstić information content (AvgIpc) is 3.23. The van der Waals surface area contributed by atoms with Gasteiger partial charge in [-0.2, -0.15) is 0 Å². The largest absolute Gasteiger partial charge is 0.469 e. The maximum Gasteiger partial charge on any atom is 0.343 e. The summed E-state index contributed by atoms with van der Waals surface area (Å²) in [4.78, 5) is 13.2. The van der Waals surface area contributed by atoms with Crippen molar-refractivity contribution in [2.45, 2.75) is 18.6 Å². The average molecular weight is 444 g/mol. The molecule has 1 aliphatic heterocycles. The maximum absolute atomic E-state index is 13.2. The van der Waals surface area contributed by atoms with E-state index in [1.165, 1.54) is 10.8 Å². The van der Waals surface area contributed by atoms with Crippen LogP contribution < -0.4 is 10.4 Å². The summed E-state index contributed by atoms with van der Waals surface area (Å²) >= 11 is 0. The van der Waals surface area contributed by atoms with Crippen LogP contribution in [0, 0.1) is 0 Å². The maximum atomic E-state index is 13.2. The van der Waals surface area contributed by atoms with Crippen molar-refractivity contribution in [3.63, 3.8) is 0 Å². The van der Waals surface area contributed by atoms with Gasteiger partial charge in [0.1, 0.15) is 11.3 Å². The van der Waals surface area contributed by atoms with Gasteiger partial charge in [0.15, 0.2) is 6.23 Å². The lowest BCUT2D eigenvalue weighted by Crippen LogP contribution is -2.28. The van der Waals surface area contributed by atoms with Gasteiger partial charge in [0.25, 0.3) is 0 Å². The molecule has 0 radical (unpaired) electrons. The standard InChI is InChI=1S/C30H21NO3/c32-30-28-23(19-10-2-1-3-11-19)18-27(34-29(28)22-14-6-9-17-26(22)33-30)31-24-15-7-4-12-20(24)21-13-5-8-16-25(21)31/h1-17,23,27H,18H2/t23-,27+/m1/s1. The van der Waals surface area contributed by atoms with Crippen molar-refractivity contribution in [2.24, 2.45) is 0 Å². The Morgan fingerprint density at radius 2 is 1.26 bits per heavy atom. The minimum atomic E-state index is -0.330. The number of fused-ring (bicyclic) bond motifs is 6. The smallest absolute Gasteiger partial charge is 0.343 e. The zero-order valence-electron chi connectivity index (χ0n) is 18.3. The number of benzene rings is 4. The number of hydrogen-bond donors (Lipinski definition) is 0. The van der Waals surface area contributed by atoms with Gasteiger partial charge in [-0.05, 0) is 29.8 Å². The van der Waals surface area contributed by atoms with Gasteiger partial charge in [-0.3, -0.25) is 0 Å². The van der Waals surface area contributed by atoms with E-state index in [2.05, 4.69) is 65.2 Å². The Hall–Kier alpha value is -4.31. The molecule has 4 heteroatoms. The molecule has 6 aromatic rings. The Kier molecular flexibility index (Phi) is 4.15. The van der Waals surface area contributed by atoms with E-state index in [1.54, 1.807) is 0 Å². The van der Waals surface area contributed by atoms with E-state index in [4.69, 9.17) is 9.15 Å². The van der Waals surface area contributed by atoms with Gasteiger partial charge in [0.05, 0.1) is 22.0 Å². The second-order valence-corrected chi connectivity index (χ2v) is 8.80. The van der Waals surface area contributed by atoms with Gasteiger partial charge >= 0.3 is 5.63 Å². The molecule has 34 heavy (non-hydrogen) atoms. The predicted molar refractivity (Wildman–Crippen MR) is 134 cm³/mol. The second-order valence-electron chi connectivity index (χ2n) is 8.80. The summed E-state index contributed by atoms with van der Waals surface area (Å²) in [5.41, 5.74) is 4.14. The summed E-state index contributed by atoms with van der Waals surface area (Å²) in [6.07, 6.45) is 0.343. The minimum absolute atomic E-state index is 0.143. The first-order valence-corrected chi connectivity index (χ1v) is 11.5. The van der Waals surface area contributed by atoms with Gasteiger partial charge in [0.2, 0.25) is 0 Å². The molecule has 0 spiro atoms. The molecule has 164 valence electrons. The third kappa shape index (κ3) is 2.75. The molecule has 4 aromatic carbocycles. The molecule has 0 aliphatic carbocycles. The predicted octanol–water partition coefficient (Wildman–Crippen LogP) is 7.01. The van der Waals surface area contributed by atoms with Crippen molar-refractivity contribution < 1.29 is 9.15 Å². The lowest BCUT2D eigenvalue weighted by molar-refractivity contribution is 0.108. The summed E-state index contributed by atoms with van der Waals surface area (Å²) in [7, 11) is 0. The normalized spacial score (nSPS) is 17.6. The molecular weight excluding hydrogens is 422 g/mol. The number of rotatable bonds is 2. The lowest BCUT2D eigenvalue weighted by Gasteiger charge is -2.33. The SMILES string of the molecule is O=c1oc2ccccc2c2c1[C@@H](c1ccccc1)C[C@@H](n1c3ccccc3c3ccccc31)O2. The molecular formula is C30H21NO3. The zero-order valence-corrected chi connectivity index (χ0v) is 18.3. The van der Waals surface area contributed by atoms with Crippen molar-refractivity contribution in [3.05, 3.63) is 125 Å². The first-order chi connectivity index (χ1) is 16.8. The van der Waals surface area contributed by atoms with E-state index in [-0.39, 0.29) is 17.8 Å². The Labute approximate surface area is 195 Å².